The van der Waals surface area contributed by atoms with E-state index in [1.807, 2.05) is 13.8 Å². The standard InChI is InChI=1S/C9H14N4S/c1-3-7-12-6(9(10)14)5-8(13-7)11-4-2/h5H,3-4H2,1-2H3,(H2,10,14)(H,11,12,13). The van der Waals surface area contributed by atoms with Gasteiger partial charge in [-0.25, -0.2) is 9.97 Å². The molecule has 0 unspecified atom stereocenters. The molecule has 1 heterocycles. The Balaban J connectivity index is 3.06. The van der Waals surface area contributed by atoms with Crippen molar-refractivity contribution in [3.63, 3.8) is 0 Å². The smallest absolute Gasteiger partial charge is 0.131 e. The maximum absolute atomic E-state index is 5.52. The van der Waals surface area contributed by atoms with Gasteiger partial charge in [0.2, 0.25) is 0 Å². The lowest BCUT2D eigenvalue weighted by Gasteiger charge is -2.06. The van der Waals surface area contributed by atoms with Crippen LogP contribution in [0.5, 0.6) is 0 Å². The molecule has 0 spiro atoms. The van der Waals surface area contributed by atoms with E-state index in [1.54, 1.807) is 6.07 Å². The number of hydrogen-bond acceptors (Lipinski definition) is 4. The van der Waals surface area contributed by atoms with Crippen LogP contribution < -0.4 is 11.1 Å². The molecule has 0 bridgehead atoms. The highest BCUT2D eigenvalue weighted by Gasteiger charge is 2.04. The molecule has 0 saturated carbocycles. The van der Waals surface area contributed by atoms with E-state index in [1.165, 1.54) is 0 Å². The number of anilines is 1. The Bertz CT molecular complexity index is 338. The molecule has 4 nitrogen and oxygen atoms in total. The van der Waals surface area contributed by atoms with Crippen LogP contribution in [-0.4, -0.2) is 21.5 Å². The number of aromatic nitrogens is 2. The molecular formula is C9H14N4S. The topological polar surface area (TPSA) is 63.8 Å². The van der Waals surface area contributed by atoms with Crippen molar-refractivity contribution in [2.24, 2.45) is 5.73 Å². The van der Waals surface area contributed by atoms with Crippen molar-refractivity contribution in [2.75, 3.05) is 11.9 Å². The maximum atomic E-state index is 5.52. The van der Waals surface area contributed by atoms with Crippen LogP contribution in [-0.2, 0) is 6.42 Å². The molecular weight excluding hydrogens is 196 g/mol. The van der Waals surface area contributed by atoms with Crippen LogP contribution in [0.1, 0.15) is 25.4 Å². The van der Waals surface area contributed by atoms with Gasteiger partial charge in [0.15, 0.2) is 0 Å². The monoisotopic (exact) mass is 210 g/mol. The molecule has 0 aromatic carbocycles. The third kappa shape index (κ3) is 2.63. The number of nitrogens with one attached hydrogen (secondary N) is 1. The van der Waals surface area contributed by atoms with Crippen LogP contribution in [0, 0.1) is 0 Å². The van der Waals surface area contributed by atoms with Gasteiger partial charge in [-0.2, -0.15) is 0 Å². The Morgan fingerprint density at radius 1 is 1.50 bits per heavy atom. The molecule has 0 aliphatic carbocycles. The molecule has 0 fully saturated rings. The third-order valence-electron chi connectivity index (χ3n) is 1.70. The maximum Gasteiger partial charge on any atom is 0.131 e. The lowest BCUT2D eigenvalue weighted by molar-refractivity contribution is 0.931. The SMILES string of the molecule is CCNc1cc(C(N)=S)nc(CC)n1. The van der Waals surface area contributed by atoms with Gasteiger partial charge in [-0.15, -0.1) is 0 Å². The van der Waals surface area contributed by atoms with Gasteiger partial charge in [-0.1, -0.05) is 19.1 Å². The first kappa shape index (κ1) is 10.8. The predicted molar refractivity (Wildman–Crippen MR) is 61.5 cm³/mol. The van der Waals surface area contributed by atoms with Gasteiger partial charge in [-0.3, -0.25) is 0 Å². The molecule has 0 atom stereocenters. The molecule has 76 valence electrons. The van der Waals surface area contributed by atoms with Crippen molar-refractivity contribution >= 4 is 23.0 Å². The summed E-state index contributed by atoms with van der Waals surface area (Å²) in [5, 5.41) is 3.11. The number of hydrogen-bond donors (Lipinski definition) is 2. The van der Waals surface area contributed by atoms with E-state index < -0.39 is 0 Å². The fourth-order valence-electron chi connectivity index (χ4n) is 1.05. The van der Waals surface area contributed by atoms with E-state index >= 15 is 0 Å². The number of thiocarbonyl (C=S) groups is 1. The highest BCUT2D eigenvalue weighted by molar-refractivity contribution is 7.80. The summed E-state index contributed by atoms with van der Waals surface area (Å²) in [5.74, 6) is 1.54. The second kappa shape index (κ2) is 4.85. The van der Waals surface area contributed by atoms with E-state index in [-0.39, 0.29) is 0 Å². The first-order chi connectivity index (χ1) is 6.67. The van der Waals surface area contributed by atoms with Gasteiger partial charge in [0, 0.05) is 19.0 Å². The summed E-state index contributed by atoms with van der Waals surface area (Å²) in [6.45, 7) is 4.82. The van der Waals surface area contributed by atoms with Crippen LogP contribution in [0.15, 0.2) is 6.07 Å². The Kier molecular flexibility index (Phi) is 3.76. The average Bonchev–Trinajstić information content (AvgIpc) is 2.17. The summed E-state index contributed by atoms with van der Waals surface area (Å²) in [4.78, 5) is 8.81. The van der Waals surface area contributed by atoms with Crippen LogP contribution in [0.2, 0.25) is 0 Å². The fraction of sp³-hybridized carbons (Fsp3) is 0.444. The second-order valence-electron chi connectivity index (χ2n) is 2.80. The number of aryl methyl sites for hydroxylation is 1. The van der Waals surface area contributed by atoms with Gasteiger partial charge < -0.3 is 11.1 Å². The molecule has 0 radical (unpaired) electrons. The van der Waals surface area contributed by atoms with E-state index in [4.69, 9.17) is 18.0 Å². The summed E-state index contributed by atoms with van der Waals surface area (Å²) in [5.41, 5.74) is 6.14. The summed E-state index contributed by atoms with van der Waals surface area (Å²) < 4.78 is 0. The van der Waals surface area contributed by atoms with E-state index in [0.717, 1.165) is 24.6 Å². The van der Waals surface area contributed by atoms with Crippen LogP contribution >= 0.6 is 12.2 Å². The van der Waals surface area contributed by atoms with Crippen molar-refractivity contribution in [3.05, 3.63) is 17.6 Å². The Hall–Kier alpha value is -1.23. The minimum atomic E-state index is 0.307. The zero-order chi connectivity index (χ0) is 10.6. The minimum Gasteiger partial charge on any atom is -0.388 e. The molecule has 0 saturated heterocycles. The Labute approximate surface area is 88.9 Å². The molecule has 0 amide bonds. The lowest BCUT2D eigenvalue weighted by atomic mass is 10.3. The van der Waals surface area contributed by atoms with E-state index in [0.29, 0.717) is 10.7 Å². The quantitative estimate of drug-likeness (QED) is 0.729. The van der Waals surface area contributed by atoms with Crippen LogP contribution in [0.25, 0.3) is 0 Å². The summed E-state index contributed by atoms with van der Waals surface area (Å²) in [6, 6.07) is 1.77. The van der Waals surface area contributed by atoms with Crippen molar-refractivity contribution in [1.29, 1.82) is 0 Å². The molecule has 5 heteroatoms. The van der Waals surface area contributed by atoms with Crippen LogP contribution in [0.4, 0.5) is 5.82 Å². The molecule has 1 rings (SSSR count). The molecule has 14 heavy (non-hydrogen) atoms. The fourth-order valence-corrected chi connectivity index (χ4v) is 1.16. The van der Waals surface area contributed by atoms with Gasteiger partial charge in [0.1, 0.15) is 22.3 Å². The molecule has 1 aromatic heterocycles. The van der Waals surface area contributed by atoms with E-state index in [2.05, 4.69) is 15.3 Å². The number of nitrogens with zero attached hydrogens (tertiary/aromatic N) is 2. The Morgan fingerprint density at radius 2 is 2.21 bits per heavy atom. The van der Waals surface area contributed by atoms with Gasteiger partial charge >= 0.3 is 0 Å². The van der Waals surface area contributed by atoms with Crippen molar-refractivity contribution in [2.45, 2.75) is 20.3 Å². The van der Waals surface area contributed by atoms with Crippen molar-refractivity contribution in [1.82, 2.24) is 9.97 Å². The Morgan fingerprint density at radius 3 is 2.71 bits per heavy atom. The number of nitrogens with two attached hydrogens (primary N) is 1. The number of rotatable bonds is 4. The summed E-state index contributed by atoms with van der Waals surface area (Å²) in [6.07, 6.45) is 0.773. The predicted octanol–water partition coefficient (Wildman–Crippen LogP) is 1.11. The largest absolute Gasteiger partial charge is 0.388 e. The highest BCUT2D eigenvalue weighted by Crippen LogP contribution is 2.07. The minimum absolute atomic E-state index is 0.307. The average molecular weight is 210 g/mol. The zero-order valence-corrected chi connectivity index (χ0v) is 9.19. The van der Waals surface area contributed by atoms with Crippen molar-refractivity contribution in [3.8, 4) is 0 Å². The normalized spacial score (nSPS) is 9.86. The molecule has 3 N–H and O–H groups in total. The second-order valence-corrected chi connectivity index (χ2v) is 3.24. The van der Waals surface area contributed by atoms with Crippen LogP contribution in [0.3, 0.4) is 0 Å². The first-order valence-electron chi connectivity index (χ1n) is 4.59. The van der Waals surface area contributed by atoms with E-state index in [9.17, 15) is 0 Å². The molecule has 0 aliphatic heterocycles. The summed E-state index contributed by atoms with van der Waals surface area (Å²) in [7, 11) is 0. The highest BCUT2D eigenvalue weighted by atomic mass is 32.1. The van der Waals surface area contributed by atoms with Crippen molar-refractivity contribution < 1.29 is 0 Å². The van der Waals surface area contributed by atoms with Gasteiger partial charge in [0.25, 0.3) is 0 Å². The molecule has 0 aliphatic rings. The molecule has 1 aromatic rings. The van der Waals surface area contributed by atoms with Gasteiger partial charge in [-0.05, 0) is 6.92 Å². The first-order valence-corrected chi connectivity index (χ1v) is 4.99. The van der Waals surface area contributed by atoms with Gasteiger partial charge in [0.05, 0.1) is 0 Å². The zero-order valence-electron chi connectivity index (χ0n) is 8.37. The summed E-state index contributed by atoms with van der Waals surface area (Å²) >= 11 is 4.87. The third-order valence-corrected chi connectivity index (χ3v) is 1.91. The lowest BCUT2D eigenvalue weighted by Crippen LogP contribution is -2.15.